The van der Waals surface area contributed by atoms with E-state index in [9.17, 15) is 19.7 Å². The summed E-state index contributed by atoms with van der Waals surface area (Å²) in [5.41, 5.74) is 1.02. The lowest BCUT2D eigenvalue weighted by Gasteiger charge is -2.29. The van der Waals surface area contributed by atoms with Gasteiger partial charge >= 0.3 is 5.63 Å². The number of carbonyl (C=O) groups excluding carboxylic acids is 1. The van der Waals surface area contributed by atoms with Gasteiger partial charge in [-0.2, -0.15) is 0 Å². The van der Waals surface area contributed by atoms with Crippen LogP contribution in [-0.4, -0.2) is 17.4 Å². The smallest absolute Gasteiger partial charge is 0.349 e. The third-order valence-electron chi connectivity index (χ3n) is 4.51. The second-order valence-electron chi connectivity index (χ2n) is 6.12. The van der Waals surface area contributed by atoms with Crippen molar-refractivity contribution in [2.45, 2.75) is 12.8 Å². The average Bonchev–Trinajstić information content (AvgIpc) is 2.66. The van der Waals surface area contributed by atoms with Gasteiger partial charge < -0.3 is 9.32 Å². The summed E-state index contributed by atoms with van der Waals surface area (Å²) in [5, 5.41) is 11.3. The van der Waals surface area contributed by atoms with E-state index in [0.29, 0.717) is 11.9 Å². The summed E-state index contributed by atoms with van der Waals surface area (Å²) in [6.45, 7) is 0.502. The first kappa shape index (κ1) is 16.0. The molecule has 2 heterocycles. The average molecular weight is 350 g/mol. The number of nitro groups is 1. The van der Waals surface area contributed by atoms with Crippen molar-refractivity contribution < 1.29 is 14.1 Å². The van der Waals surface area contributed by atoms with E-state index in [4.69, 9.17) is 4.42 Å². The Bertz CT molecular complexity index is 1100. The van der Waals surface area contributed by atoms with Crippen LogP contribution in [0.3, 0.4) is 0 Å². The lowest BCUT2D eigenvalue weighted by atomic mass is 10.0. The van der Waals surface area contributed by atoms with Crippen LogP contribution in [-0.2, 0) is 6.42 Å². The quantitative estimate of drug-likeness (QED) is 0.401. The Kier molecular flexibility index (Phi) is 3.76. The van der Waals surface area contributed by atoms with Crippen molar-refractivity contribution in [3.63, 3.8) is 0 Å². The number of fused-ring (bicyclic) bond motifs is 2. The monoisotopic (exact) mass is 350 g/mol. The van der Waals surface area contributed by atoms with E-state index in [-0.39, 0.29) is 16.8 Å². The van der Waals surface area contributed by atoms with Gasteiger partial charge in [0.1, 0.15) is 11.1 Å². The minimum atomic E-state index is -0.751. The fraction of sp³-hybridized carbons (Fsp3) is 0.158. The number of hydrogen-bond donors (Lipinski definition) is 0. The van der Waals surface area contributed by atoms with Gasteiger partial charge in [-0.3, -0.25) is 14.9 Å². The zero-order valence-electron chi connectivity index (χ0n) is 13.7. The molecule has 0 unspecified atom stereocenters. The van der Waals surface area contributed by atoms with E-state index in [1.807, 2.05) is 24.3 Å². The number of anilines is 1. The molecule has 130 valence electrons. The van der Waals surface area contributed by atoms with Crippen LogP contribution < -0.4 is 10.5 Å². The summed E-state index contributed by atoms with van der Waals surface area (Å²) in [4.78, 5) is 37.3. The zero-order chi connectivity index (χ0) is 18.3. The van der Waals surface area contributed by atoms with Crippen molar-refractivity contribution in [1.82, 2.24) is 0 Å². The van der Waals surface area contributed by atoms with Gasteiger partial charge in [0.2, 0.25) is 0 Å². The zero-order valence-corrected chi connectivity index (χ0v) is 13.7. The third-order valence-corrected chi connectivity index (χ3v) is 4.51. The van der Waals surface area contributed by atoms with E-state index in [2.05, 4.69) is 0 Å². The molecular formula is C19H14N2O5. The number of hydrogen-bond acceptors (Lipinski definition) is 5. The first-order valence-electron chi connectivity index (χ1n) is 8.16. The molecule has 0 fully saturated rings. The van der Waals surface area contributed by atoms with Crippen LogP contribution in [0.5, 0.6) is 0 Å². The molecule has 0 bridgehead atoms. The number of amides is 1. The van der Waals surface area contributed by atoms with Gasteiger partial charge in [-0.1, -0.05) is 18.2 Å². The first-order valence-corrected chi connectivity index (χ1v) is 8.16. The molecule has 0 N–H and O–H groups in total. The number of nitro benzene ring substituents is 1. The Morgan fingerprint density at radius 1 is 1.15 bits per heavy atom. The van der Waals surface area contributed by atoms with Gasteiger partial charge in [-0.15, -0.1) is 0 Å². The molecule has 1 aliphatic heterocycles. The van der Waals surface area contributed by atoms with Gasteiger partial charge in [0.25, 0.3) is 11.6 Å². The number of non-ortho nitro benzene ring substituents is 1. The van der Waals surface area contributed by atoms with Crippen LogP contribution in [0.4, 0.5) is 11.4 Å². The summed E-state index contributed by atoms with van der Waals surface area (Å²) in [6.07, 6.45) is 1.67. The van der Waals surface area contributed by atoms with Crippen molar-refractivity contribution in [1.29, 1.82) is 0 Å². The van der Waals surface area contributed by atoms with Crippen molar-refractivity contribution >= 4 is 28.3 Å². The standard InChI is InChI=1S/C19H14N2O5/c22-18(20-9-3-5-12-4-1-2-6-16(12)20)15-11-13-10-14(21(24)25)7-8-17(13)26-19(15)23/h1-2,4,6-8,10-11H,3,5,9H2. The Balaban J connectivity index is 1.81. The van der Waals surface area contributed by atoms with Crippen molar-refractivity contribution in [3.8, 4) is 0 Å². The maximum Gasteiger partial charge on any atom is 0.349 e. The van der Waals surface area contributed by atoms with Gasteiger partial charge in [0.05, 0.1) is 4.92 Å². The summed E-state index contributed by atoms with van der Waals surface area (Å²) < 4.78 is 5.20. The molecule has 0 saturated heterocycles. The molecule has 0 radical (unpaired) electrons. The maximum atomic E-state index is 13.0. The molecule has 0 saturated carbocycles. The molecule has 0 atom stereocenters. The molecule has 7 heteroatoms. The van der Waals surface area contributed by atoms with Crippen LogP contribution in [0.1, 0.15) is 22.3 Å². The SMILES string of the molecule is O=C(c1cc2cc([N+](=O)[O-])ccc2oc1=O)N1CCCc2ccccc21. The topological polar surface area (TPSA) is 93.7 Å². The van der Waals surface area contributed by atoms with Crippen LogP contribution in [0, 0.1) is 10.1 Å². The Morgan fingerprint density at radius 2 is 1.96 bits per heavy atom. The van der Waals surface area contributed by atoms with E-state index < -0.39 is 16.5 Å². The normalized spacial score (nSPS) is 13.5. The molecule has 0 aliphatic carbocycles. The molecule has 2 aromatic carbocycles. The number of carbonyl (C=O) groups is 1. The molecule has 1 aliphatic rings. The summed E-state index contributed by atoms with van der Waals surface area (Å²) in [7, 11) is 0. The van der Waals surface area contributed by atoms with Gasteiger partial charge in [-0.25, -0.2) is 4.79 Å². The van der Waals surface area contributed by atoms with Gasteiger partial charge in [0, 0.05) is 29.8 Å². The van der Waals surface area contributed by atoms with E-state index >= 15 is 0 Å². The van der Waals surface area contributed by atoms with E-state index in [0.717, 1.165) is 24.1 Å². The number of para-hydroxylation sites is 1. The van der Waals surface area contributed by atoms with Gasteiger partial charge in [0.15, 0.2) is 0 Å². The number of nitrogens with zero attached hydrogens (tertiary/aromatic N) is 2. The molecule has 1 aromatic heterocycles. The third kappa shape index (κ3) is 2.63. The second-order valence-corrected chi connectivity index (χ2v) is 6.12. The van der Waals surface area contributed by atoms with Crippen molar-refractivity contribution in [2.75, 3.05) is 11.4 Å². The summed E-state index contributed by atoms with van der Waals surface area (Å²) in [5.74, 6) is -0.459. The highest BCUT2D eigenvalue weighted by Gasteiger charge is 2.26. The van der Waals surface area contributed by atoms with Gasteiger partial charge in [-0.05, 0) is 36.6 Å². The Morgan fingerprint density at radius 3 is 2.77 bits per heavy atom. The van der Waals surface area contributed by atoms with Crippen LogP contribution in [0.25, 0.3) is 11.0 Å². The number of aryl methyl sites for hydroxylation is 1. The minimum absolute atomic E-state index is 0.130. The Labute approximate surface area is 147 Å². The molecule has 1 amide bonds. The van der Waals surface area contributed by atoms with E-state index in [1.165, 1.54) is 24.3 Å². The molecule has 26 heavy (non-hydrogen) atoms. The van der Waals surface area contributed by atoms with Crippen molar-refractivity contribution in [3.05, 3.63) is 80.2 Å². The predicted octanol–water partition coefficient (Wildman–Crippen LogP) is 3.29. The minimum Gasteiger partial charge on any atom is -0.422 e. The summed E-state index contributed by atoms with van der Waals surface area (Å²) >= 11 is 0. The van der Waals surface area contributed by atoms with Crippen LogP contribution >= 0.6 is 0 Å². The van der Waals surface area contributed by atoms with Crippen LogP contribution in [0.15, 0.2) is 57.7 Å². The predicted molar refractivity (Wildman–Crippen MR) is 95.6 cm³/mol. The molecule has 7 nitrogen and oxygen atoms in total. The number of benzene rings is 2. The lowest BCUT2D eigenvalue weighted by molar-refractivity contribution is -0.384. The van der Waals surface area contributed by atoms with Crippen molar-refractivity contribution in [2.24, 2.45) is 0 Å². The molecule has 3 aromatic rings. The maximum absolute atomic E-state index is 13.0. The largest absolute Gasteiger partial charge is 0.422 e. The second kappa shape index (κ2) is 6.11. The van der Waals surface area contributed by atoms with Crippen LogP contribution in [0.2, 0.25) is 0 Å². The fourth-order valence-electron chi connectivity index (χ4n) is 3.26. The highest BCUT2D eigenvalue weighted by molar-refractivity contribution is 6.07. The first-order chi connectivity index (χ1) is 12.5. The Hall–Kier alpha value is -3.48. The molecular weight excluding hydrogens is 336 g/mol. The lowest BCUT2D eigenvalue weighted by Crippen LogP contribution is -2.37. The van der Waals surface area contributed by atoms with E-state index in [1.54, 1.807) is 4.90 Å². The fourth-order valence-corrected chi connectivity index (χ4v) is 3.26. The number of rotatable bonds is 2. The molecule has 0 spiro atoms. The summed E-state index contributed by atoms with van der Waals surface area (Å²) in [6, 6.07) is 12.8. The molecule has 4 rings (SSSR count). The highest BCUT2D eigenvalue weighted by atomic mass is 16.6. The highest BCUT2D eigenvalue weighted by Crippen LogP contribution is 2.28.